The Hall–Kier alpha value is -5.19. The van der Waals surface area contributed by atoms with Crippen molar-refractivity contribution in [2.75, 3.05) is 19.0 Å². The lowest BCUT2D eigenvalue weighted by Crippen LogP contribution is -2.18. The number of carbonyl (C=O) groups is 3. The average Bonchev–Trinajstić information content (AvgIpc) is 3.37. The van der Waals surface area contributed by atoms with Crippen LogP contribution < -0.4 is 25.0 Å². The second kappa shape index (κ2) is 14.1. The normalized spacial score (nSPS) is 10.9. The molecular weight excluding hydrogens is 614 g/mol. The number of benzene rings is 4. The van der Waals surface area contributed by atoms with E-state index in [4.69, 9.17) is 25.8 Å². The maximum Gasteiger partial charge on any atom is 0.355 e. The van der Waals surface area contributed by atoms with E-state index in [0.717, 1.165) is 15.6 Å². The molecule has 0 radical (unpaired) electrons. The van der Waals surface area contributed by atoms with Crippen molar-refractivity contribution < 1.29 is 28.6 Å². The van der Waals surface area contributed by atoms with E-state index < -0.39 is 11.9 Å². The number of methoxy groups -OCH3 is 1. The molecule has 0 unspecified atom stereocenters. The number of fused-ring (bicyclic) bond motifs is 1. The van der Waals surface area contributed by atoms with E-state index in [1.807, 2.05) is 32.0 Å². The maximum atomic E-state index is 13.0. The van der Waals surface area contributed by atoms with Crippen molar-refractivity contribution in [1.82, 2.24) is 5.43 Å². The Morgan fingerprint density at radius 1 is 0.889 bits per heavy atom. The zero-order chi connectivity index (χ0) is 31.9. The molecule has 45 heavy (non-hydrogen) atoms. The zero-order valence-corrected chi connectivity index (χ0v) is 26.1. The van der Waals surface area contributed by atoms with Crippen LogP contribution in [0.25, 0.3) is 10.1 Å². The van der Waals surface area contributed by atoms with Crippen LogP contribution in [0, 0.1) is 6.92 Å². The van der Waals surface area contributed by atoms with Crippen LogP contribution in [0.15, 0.2) is 90.0 Å². The third kappa shape index (κ3) is 7.49. The van der Waals surface area contributed by atoms with Gasteiger partial charge in [-0.25, -0.2) is 10.2 Å². The van der Waals surface area contributed by atoms with Gasteiger partial charge in [-0.15, -0.1) is 11.3 Å². The summed E-state index contributed by atoms with van der Waals surface area (Å²) >= 11 is 7.76. The highest BCUT2D eigenvalue weighted by Gasteiger charge is 2.21. The van der Waals surface area contributed by atoms with Crippen molar-refractivity contribution in [3.05, 3.63) is 117 Å². The summed E-state index contributed by atoms with van der Waals surface area (Å²) in [6.07, 6.45) is 1.45. The molecule has 0 aliphatic carbocycles. The molecule has 1 heterocycles. The monoisotopic (exact) mass is 641 g/mol. The van der Waals surface area contributed by atoms with Crippen molar-refractivity contribution in [3.8, 4) is 17.2 Å². The number of thiophene rings is 1. The van der Waals surface area contributed by atoms with E-state index in [1.165, 1.54) is 17.6 Å². The molecule has 2 amide bonds. The van der Waals surface area contributed by atoms with Crippen LogP contribution in [0.2, 0.25) is 5.02 Å². The highest BCUT2D eigenvalue weighted by Crippen LogP contribution is 2.37. The number of nitrogens with zero attached hydrogens (tertiary/aromatic N) is 1. The van der Waals surface area contributed by atoms with Gasteiger partial charge in [0.1, 0.15) is 10.6 Å². The third-order valence-electron chi connectivity index (χ3n) is 6.58. The summed E-state index contributed by atoms with van der Waals surface area (Å²) in [7, 11) is 1.56. The van der Waals surface area contributed by atoms with Crippen molar-refractivity contribution in [2.24, 2.45) is 5.10 Å². The van der Waals surface area contributed by atoms with Crippen LogP contribution >= 0.6 is 22.9 Å². The number of rotatable bonds is 10. The van der Waals surface area contributed by atoms with Gasteiger partial charge >= 0.3 is 5.97 Å². The molecule has 0 saturated heterocycles. The minimum Gasteiger partial charge on any atom is -0.497 e. The number of esters is 1. The Labute approximate surface area is 268 Å². The summed E-state index contributed by atoms with van der Waals surface area (Å²) in [5.41, 5.74) is 5.50. The van der Waals surface area contributed by atoms with E-state index >= 15 is 0 Å². The predicted molar refractivity (Wildman–Crippen MR) is 177 cm³/mol. The molecule has 9 nitrogen and oxygen atoms in total. The smallest absolute Gasteiger partial charge is 0.355 e. The summed E-state index contributed by atoms with van der Waals surface area (Å²) in [5, 5.41) is 7.98. The first-order valence-electron chi connectivity index (χ1n) is 13.8. The molecule has 228 valence electrons. The molecule has 0 aliphatic rings. The number of ether oxygens (including phenoxy) is 3. The highest BCUT2D eigenvalue weighted by atomic mass is 35.5. The molecule has 0 bridgehead atoms. The first-order valence-corrected chi connectivity index (χ1v) is 15.0. The number of halogens is 1. The van der Waals surface area contributed by atoms with Crippen LogP contribution in [0.3, 0.4) is 0 Å². The van der Waals surface area contributed by atoms with Crippen molar-refractivity contribution in [3.63, 3.8) is 0 Å². The van der Waals surface area contributed by atoms with Gasteiger partial charge in [0.25, 0.3) is 11.8 Å². The molecule has 4 aromatic carbocycles. The van der Waals surface area contributed by atoms with Crippen molar-refractivity contribution in [2.45, 2.75) is 13.8 Å². The van der Waals surface area contributed by atoms with Gasteiger partial charge in [0.05, 0.1) is 25.0 Å². The Bertz CT molecular complexity index is 1900. The maximum absolute atomic E-state index is 13.0. The van der Waals surface area contributed by atoms with Gasteiger partial charge in [-0.2, -0.15) is 5.10 Å². The minimum atomic E-state index is -0.584. The summed E-state index contributed by atoms with van der Waals surface area (Å²) in [6.45, 7) is 4.12. The van der Waals surface area contributed by atoms with Crippen LogP contribution in [0.5, 0.6) is 17.2 Å². The first-order chi connectivity index (χ1) is 21.7. The van der Waals surface area contributed by atoms with Crippen LogP contribution in [-0.4, -0.2) is 37.7 Å². The molecule has 5 rings (SSSR count). The molecule has 0 spiro atoms. The molecule has 0 atom stereocenters. The number of anilines is 1. The van der Waals surface area contributed by atoms with E-state index in [9.17, 15) is 14.4 Å². The van der Waals surface area contributed by atoms with Gasteiger partial charge in [-0.1, -0.05) is 23.7 Å². The molecule has 1 aromatic heterocycles. The molecule has 0 aliphatic heterocycles. The van der Waals surface area contributed by atoms with Gasteiger partial charge in [0.15, 0.2) is 11.5 Å². The topological polar surface area (TPSA) is 115 Å². The van der Waals surface area contributed by atoms with Gasteiger partial charge in [0.2, 0.25) is 0 Å². The zero-order valence-electron chi connectivity index (χ0n) is 24.6. The standard InChI is InChI=1S/C34H28ClN3O6S/c1-4-43-28-18-21(6-16-27(28)44-34(41)31-30(35)26-15-5-20(2)17-29(26)45-31)19-36-38-33(40)23-7-11-24(12-8-23)37-32(39)22-9-13-25(42-3)14-10-22/h5-19H,4H2,1-3H3,(H,37,39)(H,38,40)/b36-19-. The number of hydrogen-bond acceptors (Lipinski definition) is 8. The fourth-order valence-corrected chi connectivity index (χ4v) is 5.77. The summed E-state index contributed by atoms with van der Waals surface area (Å²) in [6, 6.07) is 23.9. The SMILES string of the molecule is CCOc1cc(/C=N\NC(=O)c2ccc(NC(=O)c3ccc(OC)cc3)cc2)ccc1OC(=O)c1sc2cc(C)ccc2c1Cl. The lowest BCUT2D eigenvalue weighted by atomic mass is 10.1. The number of nitrogens with one attached hydrogen (secondary N) is 2. The Kier molecular flexibility index (Phi) is 9.76. The van der Waals surface area contributed by atoms with Gasteiger partial charge in [0, 0.05) is 26.9 Å². The second-order valence-corrected chi connectivity index (χ2v) is 11.2. The second-order valence-electron chi connectivity index (χ2n) is 9.73. The summed E-state index contributed by atoms with van der Waals surface area (Å²) in [4.78, 5) is 38.4. The van der Waals surface area contributed by atoms with Gasteiger partial charge < -0.3 is 19.5 Å². The van der Waals surface area contributed by atoms with E-state index in [0.29, 0.717) is 50.4 Å². The number of hydrazone groups is 1. The molecule has 2 N–H and O–H groups in total. The first kappa shape index (κ1) is 31.2. The largest absolute Gasteiger partial charge is 0.497 e. The van der Waals surface area contributed by atoms with E-state index in [1.54, 1.807) is 73.8 Å². The Morgan fingerprint density at radius 3 is 2.31 bits per heavy atom. The Balaban J connectivity index is 1.20. The summed E-state index contributed by atoms with van der Waals surface area (Å²) in [5.74, 6) is -0.0921. The van der Waals surface area contributed by atoms with E-state index in [2.05, 4.69) is 15.8 Å². The van der Waals surface area contributed by atoms with E-state index in [-0.39, 0.29) is 11.7 Å². The molecule has 11 heteroatoms. The molecular formula is C34H28ClN3O6S. The average molecular weight is 642 g/mol. The lowest BCUT2D eigenvalue weighted by molar-refractivity contribution is 0.0733. The van der Waals surface area contributed by atoms with Crippen molar-refractivity contribution in [1.29, 1.82) is 0 Å². The summed E-state index contributed by atoms with van der Waals surface area (Å²) < 4.78 is 17.4. The van der Waals surface area contributed by atoms with Crippen LogP contribution in [-0.2, 0) is 0 Å². The highest BCUT2D eigenvalue weighted by molar-refractivity contribution is 7.21. The molecule has 0 saturated carbocycles. The molecule has 0 fully saturated rings. The van der Waals surface area contributed by atoms with Crippen LogP contribution in [0.4, 0.5) is 5.69 Å². The fraction of sp³-hybridized carbons (Fsp3) is 0.118. The van der Waals surface area contributed by atoms with Crippen LogP contribution in [0.1, 0.15) is 48.4 Å². The van der Waals surface area contributed by atoms with Gasteiger partial charge in [-0.3, -0.25) is 9.59 Å². The lowest BCUT2D eigenvalue weighted by Gasteiger charge is -2.11. The molecule has 5 aromatic rings. The predicted octanol–water partition coefficient (Wildman–Crippen LogP) is 7.51. The minimum absolute atomic E-state index is 0.229. The number of hydrogen-bond donors (Lipinski definition) is 2. The quantitative estimate of drug-likeness (QED) is 0.0706. The number of amides is 2. The number of aryl methyl sites for hydroxylation is 1. The number of carbonyl (C=O) groups excluding carboxylic acids is 3. The fourth-order valence-electron chi connectivity index (χ4n) is 4.29. The third-order valence-corrected chi connectivity index (χ3v) is 8.21. The van der Waals surface area contributed by atoms with Gasteiger partial charge in [-0.05, 0) is 97.8 Å². The van der Waals surface area contributed by atoms with Crippen molar-refractivity contribution >= 4 is 62.7 Å². The Morgan fingerprint density at radius 2 is 1.60 bits per heavy atom.